The van der Waals surface area contributed by atoms with E-state index in [0.29, 0.717) is 5.69 Å². The molecular weight excluding hydrogens is 395 g/mol. The van der Waals surface area contributed by atoms with Crippen molar-refractivity contribution in [1.82, 2.24) is 4.90 Å². The van der Waals surface area contributed by atoms with Gasteiger partial charge in [-0.2, -0.15) is 13.2 Å². The fourth-order valence-electron chi connectivity index (χ4n) is 2.80. The number of non-ortho nitro benzene ring substituents is 1. The molecule has 1 saturated heterocycles. The van der Waals surface area contributed by atoms with Gasteiger partial charge in [-0.3, -0.25) is 19.7 Å². The van der Waals surface area contributed by atoms with Crippen LogP contribution in [-0.2, 0) is 9.59 Å². The van der Waals surface area contributed by atoms with Crippen molar-refractivity contribution in [3.63, 3.8) is 0 Å². The standard InChI is InChI=1S/C15H16F3N3O5.ClH/c16-15(17,18)12-8-20(7-11(12)14(23)24)6-5-13(22)19-9-1-3-10(4-2-9)21(25)26;/h1-4,11-12H,5-8H2,(H,19,22)(H,23,24);1H/t11-,12-;/m1./s1. The van der Waals surface area contributed by atoms with Gasteiger partial charge in [0.2, 0.25) is 5.91 Å². The van der Waals surface area contributed by atoms with Crippen molar-refractivity contribution in [3.05, 3.63) is 34.4 Å². The van der Waals surface area contributed by atoms with E-state index >= 15 is 0 Å². The largest absolute Gasteiger partial charge is 0.481 e. The number of nitrogens with one attached hydrogen (secondary N) is 1. The lowest BCUT2D eigenvalue weighted by molar-refractivity contribution is -0.384. The maximum absolute atomic E-state index is 12.9. The number of carbonyl (C=O) groups is 2. The number of aliphatic carboxylic acids is 1. The number of carbonyl (C=O) groups excluding carboxylic acids is 1. The monoisotopic (exact) mass is 411 g/mol. The Morgan fingerprint density at radius 3 is 2.30 bits per heavy atom. The maximum Gasteiger partial charge on any atom is 0.393 e. The zero-order valence-electron chi connectivity index (χ0n) is 13.8. The number of likely N-dealkylation sites (tertiary alicyclic amines) is 1. The second-order valence-corrected chi connectivity index (χ2v) is 5.95. The van der Waals surface area contributed by atoms with Gasteiger partial charge in [0.1, 0.15) is 0 Å². The number of carboxylic acid groups (broad SMARTS) is 1. The average molecular weight is 412 g/mol. The van der Waals surface area contributed by atoms with Crippen molar-refractivity contribution in [2.75, 3.05) is 25.0 Å². The highest BCUT2D eigenvalue weighted by Gasteiger charge is 2.52. The molecule has 2 rings (SSSR count). The number of nitro benzene ring substituents is 1. The molecular formula is C15H17ClF3N3O5. The van der Waals surface area contributed by atoms with Crippen LogP contribution in [0.15, 0.2) is 24.3 Å². The molecule has 0 radical (unpaired) electrons. The molecule has 1 amide bonds. The number of carboxylic acids is 1. The van der Waals surface area contributed by atoms with Crippen molar-refractivity contribution in [3.8, 4) is 0 Å². The van der Waals surface area contributed by atoms with E-state index in [9.17, 15) is 32.9 Å². The van der Waals surface area contributed by atoms with Crippen molar-refractivity contribution in [2.24, 2.45) is 11.8 Å². The van der Waals surface area contributed by atoms with Gasteiger partial charge in [-0.25, -0.2) is 0 Å². The smallest absolute Gasteiger partial charge is 0.393 e. The van der Waals surface area contributed by atoms with Crippen LogP contribution < -0.4 is 5.32 Å². The molecule has 1 aromatic rings. The van der Waals surface area contributed by atoms with Crippen LogP contribution in [0.4, 0.5) is 24.5 Å². The van der Waals surface area contributed by atoms with E-state index in [0.717, 1.165) is 0 Å². The summed E-state index contributed by atoms with van der Waals surface area (Å²) >= 11 is 0. The Bertz CT molecular complexity index is 699. The minimum Gasteiger partial charge on any atom is -0.481 e. The first kappa shape index (κ1) is 22.6. The van der Waals surface area contributed by atoms with Crippen molar-refractivity contribution in [1.29, 1.82) is 0 Å². The lowest BCUT2D eigenvalue weighted by Gasteiger charge is -2.18. The number of hydrogen-bond donors (Lipinski definition) is 2. The first-order chi connectivity index (χ1) is 12.1. The summed E-state index contributed by atoms with van der Waals surface area (Å²) in [6.45, 7) is -0.759. The molecule has 1 aromatic carbocycles. The van der Waals surface area contributed by atoms with Crippen molar-refractivity contribution in [2.45, 2.75) is 12.6 Å². The second-order valence-electron chi connectivity index (χ2n) is 5.95. The van der Waals surface area contributed by atoms with Gasteiger partial charge in [0.15, 0.2) is 0 Å². The van der Waals surface area contributed by atoms with Gasteiger partial charge in [-0.05, 0) is 12.1 Å². The Hall–Kier alpha value is -2.40. The molecule has 12 heteroatoms. The quantitative estimate of drug-likeness (QED) is 0.549. The first-order valence-corrected chi connectivity index (χ1v) is 7.64. The van der Waals surface area contributed by atoms with Crippen LogP contribution in [0, 0.1) is 22.0 Å². The molecule has 1 heterocycles. The molecule has 0 unspecified atom stereocenters. The van der Waals surface area contributed by atoms with E-state index in [1.807, 2.05) is 0 Å². The number of nitrogens with zero attached hydrogens (tertiary/aromatic N) is 2. The third-order valence-corrected chi connectivity index (χ3v) is 4.15. The number of benzene rings is 1. The number of anilines is 1. The highest BCUT2D eigenvalue weighted by Crippen LogP contribution is 2.37. The van der Waals surface area contributed by atoms with Gasteiger partial charge in [0.25, 0.3) is 5.69 Å². The van der Waals surface area contributed by atoms with E-state index in [2.05, 4.69) is 5.32 Å². The van der Waals surface area contributed by atoms with Gasteiger partial charge in [-0.15, -0.1) is 12.4 Å². The summed E-state index contributed by atoms with van der Waals surface area (Å²) in [5.74, 6) is -5.50. The Morgan fingerprint density at radius 2 is 1.85 bits per heavy atom. The summed E-state index contributed by atoms with van der Waals surface area (Å²) in [4.78, 5) is 34.1. The third-order valence-electron chi connectivity index (χ3n) is 4.15. The van der Waals surface area contributed by atoms with Gasteiger partial charge in [0.05, 0.1) is 16.8 Å². The number of rotatable bonds is 6. The Labute approximate surface area is 157 Å². The first-order valence-electron chi connectivity index (χ1n) is 7.64. The summed E-state index contributed by atoms with van der Waals surface area (Å²) in [6, 6.07) is 5.10. The molecule has 2 N–H and O–H groups in total. The summed E-state index contributed by atoms with van der Waals surface area (Å²) in [5, 5.41) is 22.0. The summed E-state index contributed by atoms with van der Waals surface area (Å²) in [6.07, 6.45) is -4.74. The zero-order valence-corrected chi connectivity index (χ0v) is 14.6. The molecule has 0 bridgehead atoms. The Kier molecular flexibility index (Phi) is 7.55. The number of alkyl halides is 3. The van der Waals surface area contributed by atoms with Gasteiger partial charge < -0.3 is 15.3 Å². The molecule has 150 valence electrons. The third kappa shape index (κ3) is 6.07. The molecule has 0 aromatic heterocycles. The van der Waals surface area contributed by atoms with Crippen molar-refractivity contribution < 1.29 is 32.8 Å². The van der Waals surface area contributed by atoms with Crippen LogP contribution in [0.3, 0.4) is 0 Å². The van der Waals surface area contributed by atoms with Crippen molar-refractivity contribution >= 4 is 35.7 Å². The molecule has 2 atom stereocenters. The fraction of sp³-hybridized carbons (Fsp3) is 0.467. The van der Waals surface area contributed by atoms with Crippen LogP contribution >= 0.6 is 12.4 Å². The summed E-state index contributed by atoms with van der Waals surface area (Å²) in [7, 11) is 0. The fourth-order valence-corrected chi connectivity index (χ4v) is 2.80. The minimum atomic E-state index is -4.61. The van der Waals surface area contributed by atoms with Gasteiger partial charge >= 0.3 is 12.1 Å². The van der Waals surface area contributed by atoms with Crippen LogP contribution in [0.5, 0.6) is 0 Å². The molecule has 1 aliphatic heterocycles. The predicted molar refractivity (Wildman–Crippen MR) is 90.7 cm³/mol. The highest BCUT2D eigenvalue weighted by molar-refractivity contribution is 5.90. The summed E-state index contributed by atoms with van der Waals surface area (Å²) < 4.78 is 38.7. The van der Waals surface area contributed by atoms with Crippen LogP contribution in [0.2, 0.25) is 0 Å². The van der Waals surface area contributed by atoms with Gasteiger partial charge in [-0.1, -0.05) is 0 Å². The van der Waals surface area contributed by atoms with Crippen LogP contribution in [-0.4, -0.2) is 52.6 Å². The second kappa shape index (κ2) is 9.00. The molecule has 1 aliphatic rings. The SMILES string of the molecule is Cl.O=C(CCN1C[C@@H](C(F)(F)F)[C@H](C(=O)O)C1)Nc1ccc([N+](=O)[O-])cc1. The van der Waals surface area contributed by atoms with Crippen LogP contribution in [0.1, 0.15) is 6.42 Å². The normalized spacial score (nSPS) is 20.0. The van der Waals surface area contributed by atoms with E-state index in [1.54, 1.807) is 0 Å². The van der Waals surface area contributed by atoms with E-state index in [1.165, 1.54) is 29.2 Å². The number of hydrogen-bond acceptors (Lipinski definition) is 5. The number of amides is 1. The summed E-state index contributed by atoms with van der Waals surface area (Å²) in [5.41, 5.74) is 0.177. The molecule has 0 saturated carbocycles. The Balaban J connectivity index is 0.00000364. The van der Waals surface area contributed by atoms with E-state index in [-0.39, 0.29) is 37.6 Å². The highest BCUT2D eigenvalue weighted by atomic mass is 35.5. The predicted octanol–water partition coefficient (Wildman–Crippen LogP) is 2.54. The zero-order chi connectivity index (χ0) is 19.5. The molecule has 1 fully saturated rings. The molecule has 0 aliphatic carbocycles. The maximum atomic E-state index is 12.9. The number of nitro groups is 1. The molecule has 8 nitrogen and oxygen atoms in total. The minimum absolute atomic E-state index is 0. The average Bonchev–Trinajstić information content (AvgIpc) is 2.98. The van der Waals surface area contributed by atoms with Crippen LogP contribution in [0.25, 0.3) is 0 Å². The molecule has 0 spiro atoms. The lowest BCUT2D eigenvalue weighted by atomic mass is 9.96. The topological polar surface area (TPSA) is 113 Å². The lowest BCUT2D eigenvalue weighted by Crippen LogP contribution is -2.33. The van der Waals surface area contributed by atoms with Gasteiger partial charge in [0, 0.05) is 43.9 Å². The number of halogens is 4. The Morgan fingerprint density at radius 1 is 1.26 bits per heavy atom. The van der Waals surface area contributed by atoms with E-state index < -0.39 is 41.4 Å². The van der Waals surface area contributed by atoms with E-state index in [4.69, 9.17) is 5.11 Å². The molecule has 27 heavy (non-hydrogen) atoms.